The van der Waals surface area contributed by atoms with Crippen LogP contribution in [-0.4, -0.2) is 30.4 Å². The Kier molecular flexibility index (Phi) is 22.7. The summed E-state index contributed by atoms with van der Waals surface area (Å²) in [7, 11) is 0. The number of H-pyrrole nitrogens is 2. The van der Waals surface area contributed by atoms with Crippen molar-refractivity contribution < 1.29 is 53.7 Å². The van der Waals surface area contributed by atoms with E-state index in [1.54, 1.807) is 5.10 Å². The van der Waals surface area contributed by atoms with Gasteiger partial charge in [-0.2, -0.15) is 49.6 Å². The molecule has 0 aliphatic heterocycles. The van der Waals surface area contributed by atoms with E-state index in [9.17, 15) is 44.0 Å². The van der Waals surface area contributed by atoms with E-state index >= 15 is 0 Å². The molecular weight excluding hydrogens is 474 g/mol. The van der Waals surface area contributed by atoms with Crippen LogP contribution in [0.1, 0.15) is 20.7 Å². The van der Waals surface area contributed by atoms with Gasteiger partial charge in [-0.15, -0.1) is 10.1 Å². The lowest BCUT2D eigenvalue weighted by Crippen LogP contribution is -1.84. The molecule has 0 saturated heterocycles. The third-order valence-corrected chi connectivity index (χ3v) is 1.49. The molecule has 0 aliphatic rings. The van der Waals surface area contributed by atoms with Gasteiger partial charge < -0.3 is 4.74 Å². The van der Waals surface area contributed by atoms with Crippen molar-refractivity contribution in [2.24, 2.45) is 0 Å². The number of nitrogens with zero attached hydrogens (tertiary/aromatic N) is 4. The monoisotopic (exact) mass is 490 g/mol. The molecule has 2 rings (SSSR count). The van der Waals surface area contributed by atoms with Crippen molar-refractivity contribution in [1.82, 2.24) is 30.4 Å². The van der Waals surface area contributed by atoms with Crippen LogP contribution in [0.5, 0.6) is 12.0 Å². The standard InChI is InChI=1S/C4H2F3N3O2.C4H2F3N3.2C2H2F2.2CH4/c5-2(6)1-11-3-8-4(12-7)10-9-3;5-2(6)1-3-8-4(7)10-9-3;2*1-2(3)4;;/h1H,(H,8,9,10);1H,(H,8,9,10);2*1H2;2*1H4. The predicted octanol–water partition coefficient (Wildman–Crippen LogP) is 6.43. The van der Waals surface area contributed by atoms with Crippen molar-refractivity contribution in [3.63, 3.8) is 0 Å². The molecule has 0 spiro atoms. The molecule has 0 unspecified atom stereocenters. The predicted molar refractivity (Wildman–Crippen MR) is 91.8 cm³/mol. The van der Waals surface area contributed by atoms with Gasteiger partial charge in [0.05, 0.1) is 6.08 Å². The van der Waals surface area contributed by atoms with Crippen LogP contribution < -0.4 is 9.68 Å². The van der Waals surface area contributed by atoms with E-state index in [1.807, 2.05) is 5.10 Å². The highest BCUT2D eigenvalue weighted by Crippen LogP contribution is 2.09. The molecule has 0 atom stereocenters. The van der Waals surface area contributed by atoms with E-state index in [0.29, 0.717) is 6.08 Å². The van der Waals surface area contributed by atoms with E-state index in [1.165, 1.54) is 0 Å². The Morgan fingerprint density at radius 3 is 1.62 bits per heavy atom. The summed E-state index contributed by atoms with van der Waals surface area (Å²) in [6, 6.07) is -1.03. The van der Waals surface area contributed by atoms with Gasteiger partial charge in [-0.3, -0.25) is 0 Å². The summed E-state index contributed by atoms with van der Waals surface area (Å²) >= 11 is 0. The number of hydrogen-bond acceptors (Lipinski definition) is 6. The van der Waals surface area contributed by atoms with Gasteiger partial charge in [-0.1, -0.05) is 14.9 Å². The van der Waals surface area contributed by atoms with E-state index in [0.717, 1.165) is 0 Å². The minimum Gasteiger partial charge on any atom is -0.427 e. The van der Waals surface area contributed by atoms with Gasteiger partial charge in [-0.05, 0) is 13.2 Å². The fourth-order valence-electron chi connectivity index (χ4n) is 0.836. The molecular formula is C14H16F10N6O2. The van der Waals surface area contributed by atoms with Crippen LogP contribution in [0.3, 0.4) is 0 Å². The van der Waals surface area contributed by atoms with Gasteiger partial charge in [0.1, 0.15) is 0 Å². The number of aromatic nitrogens is 6. The molecule has 184 valence electrons. The lowest BCUT2D eigenvalue weighted by molar-refractivity contribution is -0.0175. The molecule has 0 radical (unpaired) electrons. The van der Waals surface area contributed by atoms with Crippen LogP contribution in [0.25, 0.3) is 6.08 Å². The van der Waals surface area contributed by atoms with Gasteiger partial charge in [0.25, 0.3) is 18.2 Å². The van der Waals surface area contributed by atoms with Gasteiger partial charge in [0.2, 0.25) is 0 Å². The smallest absolute Gasteiger partial charge is 0.381 e. The topological polar surface area (TPSA) is 102 Å². The quantitative estimate of drug-likeness (QED) is 0.378. The van der Waals surface area contributed by atoms with Crippen LogP contribution in [0.15, 0.2) is 43.7 Å². The zero-order valence-corrected chi connectivity index (χ0v) is 14.0. The Bertz CT molecular complexity index is 812. The first-order chi connectivity index (χ1) is 13.9. The summed E-state index contributed by atoms with van der Waals surface area (Å²) in [5.41, 5.74) is 0. The van der Waals surface area contributed by atoms with E-state index in [4.69, 9.17) is 0 Å². The van der Waals surface area contributed by atoms with Crippen molar-refractivity contribution >= 4 is 6.08 Å². The second kappa shape index (κ2) is 20.4. The Labute approximate surface area is 173 Å². The number of nitrogens with one attached hydrogen (secondary N) is 2. The molecule has 2 heterocycles. The first kappa shape index (κ1) is 35.6. The number of rotatable bonds is 4. The van der Waals surface area contributed by atoms with Gasteiger partial charge in [0, 0.05) is 4.53 Å². The maximum atomic E-state index is 11.9. The molecule has 0 amide bonds. The summed E-state index contributed by atoms with van der Waals surface area (Å²) < 4.78 is 113. The third-order valence-electron chi connectivity index (χ3n) is 1.49. The Morgan fingerprint density at radius 1 is 0.812 bits per heavy atom. The van der Waals surface area contributed by atoms with E-state index in [2.05, 4.69) is 43.0 Å². The van der Waals surface area contributed by atoms with Crippen molar-refractivity contribution in [2.45, 2.75) is 14.9 Å². The van der Waals surface area contributed by atoms with Gasteiger partial charge in [0.15, 0.2) is 12.1 Å². The molecule has 32 heavy (non-hydrogen) atoms. The number of aromatic amines is 2. The Hall–Kier alpha value is -3.86. The molecule has 2 aromatic heterocycles. The van der Waals surface area contributed by atoms with Gasteiger partial charge in [-0.25, -0.2) is 15.1 Å². The molecule has 8 nitrogen and oxygen atoms in total. The first-order valence-electron chi connectivity index (χ1n) is 6.36. The van der Waals surface area contributed by atoms with Crippen molar-refractivity contribution in [1.29, 1.82) is 0 Å². The third kappa shape index (κ3) is 26.1. The van der Waals surface area contributed by atoms with Crippen molar-refractivity contribution in [3.8, 4) is 12.0 Å². The van der Waals surface area contributed by atoms with E-state index in [-0.39, 0.29) is 26.9 Å². The minimum absolute atomic E-state index is 0. The second-order valence-corrected chi connectivity index (χ2v) is 3.62. The maximum absolute atomic E-state index is 11.9. The SMILES string of the molecule is C.C.C=C(F)F.C=C(F)F.FC(F)=Cc1n[nH]c(F)n1.FOc1n[nH]c(OC=C(F)F)n1. The highest BCUT2D eigenvalue weighted by Gasteiger charge is 2.04. The second-order valence-electron chi connectivity index (χ2n) is 3.62. The van der Waals surface area contributed by atoms with Crippen LogP contribution in [-0.2, 0) is 0 Å². The summed E-state index contributed by atoms with van der Waals surface area (Å²) in [5, 5.41) is 9.92. The summed E-state index contributed by atoms with van der Waals surface area (Å²) in [5.74, 6) is -0.363. The molecule has 2 aromatic rings. The number of hydrogen-bond donors (Lipinski definition) is 2. The van der Waals surface area contributed by atoms with Gasteiger partial charge >= 0.3 is 24.2 Å². The van der Waals surface area contributed by atoms with E-state index < -0.39 is 42.4 Å². The highest BCUT2D eigenvalue weighted by atomic mass is 19.3. The Morgan fingerprint density at radius 2 is 1.31 bits per heavy atom. The number of ether oxygens (including phenoxy) is 1. The summed E-state index contributed by atoms with van der Waals surface area (Å²) in [4.78, 5) is 9.16. The molecule has 2 N–H and O–H groups in total. The van der Waals surface area contributed by atoms with Crippen LogP contribution >= 0.6 is 0 Å². The van der Waals surface area contributed by atoms with Crippen LogP contribution in [0.4, 0.5) is 44.0 Å². The molecule has 0 fully saturated rings. The molecule has 0 saturated carbocycles. The van der Waals surface area contributed by atoms with Crippen LogP contribution in [0.2, 0.25) is 0 Å². The zero-order chi connectivity index (χ0) is 23.7. The fourth-order valence-corrected chi connectivity index (χ4v) is 0.836. The van der Waals surface area contributed by atoms with Crippen molar-refractivity contribution in [3.05, 3.63) is 55.6 Å². The summed E-state index contributed by atoms with van der Waals surface area (Å²) in [6.07, 6.45) is -8.16. The molecule has 0 aliphatic carbocycles. The molecule has 0 bridgehead atoms. The first-order valence-corrected chi connectivity index (χ1v) is 6.36. The lowest BCUT2D eigenvalue weighted by atomic mass is 10.6. The van der Waals surface area contributed by atoms with Crippen molar-refractivity contribution in [2.75, 3.05) is 0 Å². The largest absolute Gasteiger partial charge is 0.427 e. The molecule has 18 heteroatoms. The average molecular weight is 490 g/mol. The maximum Gasteiger partial charge on any atom is 0.381 e. The normalized spacial score (nSPS) is 8.06. The van der Waals surface area contributed by atoms with Crippen LogP contribution in [0, 0.1) is 6.08 Å². The molecule has 0 aromatic carbocycles. The number of halogens is 10. The Balaban J connectivity index is -0.000000178. The summed E-state index contributed by atoms with van der Waals surface area (Å²) in [6.45, 7) is 4.44. The average Bonchev–Trinajstić information content (AvgIpc) is 3.20. The fraction of sp³-hybridized carbons (Fsp3) is 0.143. The zero-order valence-electron chi connectivity index (χ0n) is 14.0. The highest BCUT2D eigenvalue weighted by molar-refractivity contribution is 5.38. The lowest BCUT2D eigenvalue weighted by Gasteiger charge is -1.88. The minimum atomic E-state index is -2.05.